The van der Waals surface area contributed by atoms with Gasteiger partial charge in [0.05, 0.1) is 6.07 Å². The van der Waals surface area contributed by atoms with E-state index in [4.69, 9.17) is 5.26 Å². The van der Waals surface area contributed by atoms with E-state index in [0.717, 1.165) is 0 Å². The molecule has 1 fully saturated rings. The molecule has 1 atom stereocenters. The maximum Gasteiger partial charge on any atom is 0.243 e. The van der Waals surface area contributed by atoms with Crippen molar-refractivity contribution in [2.24, 2.45) is 5.92 Å². The van der Waals surface area contributed by atoms with Crippen molar-refractivity contribution in [3.8, 4) is 6.07 Å². The van der Waals surface area contributed by atoms with E-state index >= 15 is 0 Å². The minimum atomic E-state index is -2.37. The molecule has 0 aromatic carbocycles. The molecular formula is C9H12F2N2O. The van der Waals surface area contributed by atoms with Crippen molar-refractivity contribution in [2.45, 2.75) is 25.7 Å². The zero-order chi connectivity index (χ0) is 10.6. The van der Waals surface area contributed by atoms with Gasteiger partial charge >= 0.3 is 0 Å². The summed E-state index contributed by atoms with van der Waals surface area (Å²) in [5.74, 6) is -1.05. The van der Waals surface area contributed by atoms with Crippen LogP contribution in [0.3, 0.4) is 0 Å². The highest BCUT2D eigenvalue weighted by Crippen LogP contribution is 2.22. The molecule has 3 nitrogen and oxygen atoms in total. The fourth-order valence-corrected chi connectivity index (χ4v) is 1.62. The van der Waals surface area contributed by atoms with Crippen molar-refractivity contribution >= 4 is 5.91 Å². The number of nitriles is 1. The minimum Gasteiger partial charge on any atom is -0.341 e. The molecule has 78 valence electrons. The monoisotopic (exact) mass is 202 g/mol. The number of carbonyl (C=O) groups excluding carboxylic acids is 1. The molecule has 0 N–H and O–H groups in total. The van der Waals surface area contributed by atoms with Crippen LogP contribution in [0.1, 0.15) is 19.3 Å². The van der Waals surface area contributed by atoms with Gasteiger partial charge in [-0.2, -0.15) is 5.26 Å². The third-order valence-corrected chi connectivity index (χ3v) is 2.40. The van der Waals surface area contributed by atoms with Crippen LogP contribution in [-0.4, -0.2) is 30.3 Å². The van der Waals surface area contributed by atoms with Crippen LogP contribution in [0.25, 0.3) is 0 Å². The van der Waals surface area contributed by atoms with Crippen LogP contribution in [0.15, 0.2) is 0 Å². The SMILES string of the molecule is N#CCC(=O)N1CCCC(C(F)F)C1. The number of hydrogen-bond acceptors (Lipinski definition) is 2. The Kier molecular flexibility index (Phi) is 3.81. The Morgan fingerprint density at radius 3 is 2.93 bits per heavy atom. The third kappa shape index (κ3) is 2.66. The van der Waals surface area contributed by atoms with E-state index in [1.54, 1.807) is 6.07 Å². The molecule has 1 heterocycles. The second kappa shape index (κ2) is 4.89. The molecule has 1 saturated heterocycles. The van der Waals surface area contributed by atoms with Gasteiger partial charge in [0.2, 0.25) is 12.3 Å². The van der Waals surface area contributed by atoms with Crippen LogP contribution in [0.4, 0.5) is 8.78 Å². The summed E-state index contributed by atoms with van der Waals surface area (Å²) in [4.78, 5) is 12.6. The van der Waals surface area contributed by atoms with E-state index in [9.17, 15) is 13.6 Å². The number of likely N-dealkylation sites (tertiary alicyclic amines) is 1. The molecule has 1 aliphatic rings. The van der Waals surface area contributed by atoms with Crippen LogP contribution < -0.4 is 0 Å². The number of halogens is 2. The number of piperidine rings is 1. The summed E-state index contributed by atoms with van der Waals surface area (Å²) >= 11 is 0. The van der Waals surface area contributed by atoms with Gasteiger partial charge in [0, 0.05) is 19.0 Å². The molecule has 0 saturated carbocycles. The maximum atomic E-state index is 12.3. The number of rotatable bonds is 2. The largest absolute Gasteiger partial charge is 0.341 e. The number of hydrogen-bond donors (Lipinski definition) is 0. The highest BCUT2D eigenvalue weighted by atomic mass is 19.3. The average molecular weight is 202 g/mol. The molecule has 0 bridgehead atoms. The smallest absolute Gasteiger partial charge is 0.243 e. The predicted molar refractivity (Wildman–Crippen MR) is 45.5 cm³/mol. The summed E-state index contributed by atoms with van der Waals surface area (Å²) in [6.07, 6.45) is -1.51. The topological polar surface area (TPSA) is 44.1 Å². The Hall–Kier alpha value is -1.18. The van der Waals surface area contributed by atoms with Gasteiger partial charge in [-0.3, -0.25) is 4.79 Å². The Morgan fingerprint density at radius 2 is 2.36 bits per heavy atom. The number of amides is 1. The van der Waals surface area contributed by atoms with Crippen molar-refractivity contribution in [1.29, 1.82) is 5.26 Å². The molecule has 0 aromatic heterocycles. The van der Waals surface area contributed by atoms with Crippen molar-refractivity contribution in [1.82, 2.24) is 4.90 Å². The molecule has 0 aliphatic carbocycles. The van der Waals surface area contributed by atoms with Crippen molar-refractivity contribution in [3.05, 3.63) is 0 Å². The predicted octanol–water partition coefficient (Wildman–Crippen LogP) is 1.40. The lowest BCUT2D eigenvalue weighted by Crippen LogP contribution is -2.41. The molecule has 0 aromatic rings. The Bertz CT molecular complexity index is 250. The first-order valence-electron chi connectivity index (χ1n) is 4.58. The van der Waals surface area contributed by atoms with Crippen LogP contribution in [0.2, 0.25) is 0 Å². The van der Waals surface area contributed by atoms with Gasteiger partial charge in [-0.1, -0.05) is 0 Å². The highest BCUT2D eigenvalue weighted by molar-refractivity contribution is 5.78. The molecule has 1 unspecified atom stereocenters. The summed E-state index contributed by atoms with van der Waals surface area (Å²) in [6, 6.07) is 1.73. The first-order valence-corrected chi connectivity index (χ1v) is 4.58. The molecule has 0 spiro atoms. The van der Waals surface area contributed by atoms with Crippen LogP contribution in [-0.2, 0) is 4.79 Å². The lowest BCUT2D eigenvalue weighted by atomic mass is 9.98. The van der Waals surface area contributed by atoms with Gasteiger partial charge in [-0.15, -0.1) is 0 Å². The molecule has 1 amide bonds. The standard InChI is InChI=1S/C9H12F2N2O/c10-9(11)7-2-1-5-13(6-7)8(14)3-4-12/h7,9H,1-3,5-6H2. The van der Waals surface area contributed by atoms with Gasteiger partial charge in [0.25, 0.3) is 0 Å². The van der Waals surface area contributed by atoms with Crippen LogP contribution in [0.5, 0.6) is 0 Å². The second-order valence-corrected chi connectivity index (χ2v) is 3.41. The summed E-state index contributed by atoms with van der Waals surface area (Å²) in [6.45, 7) is 0.599. The number of carbonyl (C=O) groups is 1. The highest BCUT2D eigenvalue weighted by Gasteiger charge is 2.28. The first kappa shape index (κ1) is 10.9. The number of alkyl halides is 2. The van der Waals surface area contributed by atoms with Gasteiger partial charge in [0.1, 0.15) is 6.42 Å². The van der Waals surface area contributed by atoms with Gasteiger partial charge in [-0.25, -0.2) is 8.78 Å². The van der Waals surface area contributed by atoms with Crippen LogP contribution in [0, 0.1) is 17.2 Å². The Labute approximate surface area is 81.3 Å². The normalized spacial score (nSPS) is 22.1. The first-order chi connectivity index (χ1) is 6.65. The van der Waals surface area contributed by atoms with E-state index in [0.29, 0.717) is 19.4 Å². The molecule has 1 rings (SSSR count). The van der Waals surface area contributed by atoms with E-state index in [1.807, 2.05) is 0 Å². The maximum absolute atomic E-state index is 12.3. The third-order valence-electron chi connectivity index (χ3n) is 2.40. The molecule has 1 aliphatic heterocycles. The summed E-state index contributed by atoms with van der Waals surface area (Å²) in [7, 11) is 0. The van der Waals surface area contributed by atoms with E-state index < -0.39 is 12.3 Å². The van der Waals surface area contributed by atoms with Crippen molar-refractivity contribution in [2.75, 3.05) is 13.1 Å². The lowest BCUT2D eigenvalue weighted by Gasteiger charge is -2.31. The fourth-order valence-electron chi connectivity index (χ4n) is 1.62. The van der Waals surface area contributed by atoms with Gasteiger partial charge in [0.15, 0.2) is 0 Å². The lowest BCUT2D eigenvalue weighted by molar-refractivity contribution is -0.133. The molecule has 5 heteroatoms. The molecular weight excluding hydrogens is 190 g/mol. The Balaban J connectivity index is 2.48. The zero-order valence-electron chi connectivity index (χ0n) is 7.75. The molecule has 14 heavy (non-hydrogen) atoms. The zero-order valence-corrected chi connectivity index (χ0v) is 7.75. The van der Waals surface area contributed by atoms with E-state index in [-0.39, 0.29) is 18.9 Å². The van der Waals surface area contributed by atoms with E-state index in [1.165, 1.54) is 4.90 Å². The molecule has 0 radical (unpaired) electrons. The minimum absolute atomic E-state index is 0.0954. The summed E-state index contributed by atoms with van der Waals surface area (Å²) < 4.78 is 24.7. The summed E-state index contributed by atoms with van der Waals surface area (Å²) in [5.41, 5.74) is 0. The average Bonchev–Trinajstić information content (AvgIpc) is 2.18. The Morgan fingerprint density at radius 1 is 1.64 bits per heavy atom. The van der Waals surface area contributed by atoms with Gasteiger partial charge < -0.3 is 4.90 Å². The summed E-state index contributed by atoms with van der Waals surface area (Å²) in [5, 5.41) is 8.30. The second-order valence-electron chi connectivity index (χ2n) is 3.41. The van der Waals surface area contributed by atoms with Crippen molar-refractivity contribution < 1.29 is 13.6 Å². The van der Waals surface area contributed by atoms with E-state index in [2.05, 4.69) is 0 Å². The van der Waals surface area contributed by atoms with Crippen molar-refractivity contribution in [3.63, 3.8) is 0 Å². The van der Waals surface area contributed by atoms with Crippen LogP contribution >= 0.6 is 0 Å². The number of nitrogens with zero attached hydrogens (tertiary/aromatic N) is 2. The fraction of sp³-hybridized carbons (Fsp3) is 0.778. The van der Waals surface area contributed by atoms with Gasteiger partial charge in [-0.05, 0) is 12.8 Å². The quantitative estimate of drug-likeness (QED) is 0.679.